The van der Waals surface area contributed by atoms with Gasteiger partial charge in [0.2, 0.25) is 0 Å². The molecule has 62 valence electrons. The number of rotatable bonds is 4. The van der Waals surface area contributed by atoms with Crippen LogP contribution < -0.4 is 5.73 Å². The van der Waals surface area contributed by atoms with Crippen molar-refractivity contribution in [3.05, 3.63) is 0 Å². The summed E-state index contributed by atoms with van der Waals surface area (Å²) in [6.07, 6.45) is 1.51. The molecule has 0 spiro atoms. The van der Waals surface area contributed by atoms with E-state index in [4.69, 9.17) is 5.73 Å². The van der Waals surface area contributed by atoms with Gasteiger partial charge in [-0.2, -0.15) is 0 Å². The van der Waals surface area contributed by atoms with E-state index in [1.165, 1.54) is 0 Å². The predicted molar refractivity (Wildman–Crippen MR) is 43.7 cm³/mol. The van der Waals surface area contributed by atoms with Crippen LogP contribution in [0.4, 0.5) is 0 Å². The lowest BCUT2D eigenvalue weighted by atomic mass is 9.97. The molecule has 0 bridgehead atoms. The maximum atomic E-state index is 9.36. The Hall–Kier alpha value is -0.0800. The van der Waals surface area contributed by atoms with Crippen molar-refractivity contribution in [2.45, 2.75) is 45.8 Å². The Morgan fingerprint density at radius 3 is 2.20 bits per heavy atom. The highest BCUT2D eigenvalue weighted by Crippen LogP contribution is 2.07. The average Bonchev–Trinajstić information content (AvgIpc) is 1.87. The van der Waals surface area contributed by atoms with E-state index in [2.05, 4.69) is 6.92 Å². The molecule has 10 heavy (non-hydrogen) atoms. The highest BCUT2D eigenvalue weighted by atomic mass is 16.3. The molecule has 0 aliphatic carbocycles. The minimum Gasteiger partial charge on any atom is -0.392 e. The van der Waals surface area contributed by atoms with E-state index in [0.717, 1.165) is 12.8 Å². The minimum absolute atomic E-state index is 0.0556. The van der Waals surface area contributed by atoms with Gasteiger partial charge in [-0.15, -0.1) is 0 Å². The number of aliphatic hydroxyl groups is 1. The van der Waals surface area contributed by atoms with Gasteiger partial charge in [0.15, 0.2) is 0 Å². The van der Waals surface area contributed by atoms with E-state index in [1.807, 2.05) is 13.8 Å². The Bertz CT molecular complexity index is 83.3. The van der Waals surface area contributed by atoms with Gasteiger partial charge in [0, 0.05) is 6.04 Å². The summed E-state index contributed by atoms with van der Waals surface area (Å²) in [5.74, 6) is 0.376. The molecule has 2 nitrogen and oxygen atoms in total. The van der Waals surface area contributed by atoms with Crippen LogP contribution in [0.1, 0.15) is 33.6 Å². The van der Waals surface area contributed by atoms with E-state index >= 15 is 0 Å². The third-order valence-electron chi connectivity index (χ3n) is 1.80. The second kappa shape index (κ2) is 4.69. The Morgan fingerprint density at radius 1 is 1.40 bits per heavy atom. The Morgan fingerprint density at radius 2 is 1.90 bits per heavy atom. The largest absolute Gasteiger partial charge is 0.392 e. The van der Waals surface area contributed by atoms with E-state index < -0.39 is 0 Å². The maximum Gasteiger partial charge on any atom is 0.0693 e. The quantitative estimate of drug-likeness (QED) is 0.623. The van der Waals surface area contributed by atoms with Gasteiger partial charge < -0.3 is 10.8 Å². The lowest BCUT2D eigenvalue weighted by Crippen LogP contribution is -2.38. The van der Waals surface area contributed by atoms with Crippen LogP contribution in [-0.2, 0) is 0 Å². The molecule has 0 aromatic heterocycles. The Kier molecular flexibility index (Phi) is 4.65. The molecule has 2 atom stereocenters. The summed E-state index contributed by atoms with van der Waals surface area (Å²) in [5.41, 5.74) is 5.70. The molecule has 0 aliphatic heterocycles. The molecule has 0 aliphatic rings. The SMILES string of the molecule is CCC[C@@H](O)[C@@H](N)C(C)C. The van der Waals surface area contributed by atoms with Crippen LogP contribution in [0.2, 0.25) is 0 Å². The molecule has 0 radical (unpaired) electrons. The first-order chi connectivity index (χ1) is 4.59. The lowest BCUT2D eigenvalue weighted by Gasteiger charge is -2.21. The van der Waals surface area contributed by atoms with E-state index in [0.29, 0.717) is 5.92 Å². The van der Waals surface area contributed by atoms with Gasteiger partial charge in [0.25, 0.3) is 0 Å². The average molecular weight is 145 g/mol. The van der Waals surface area contributed by atoms with E-state index in [9.17, 15) is 5.11 Å². The molecule has 0 rings (SSSR count). The zero-order chi connectivity index (χ0) is 8.15. The van der Waals surface area contributed by atoms with Gasteiger partial charge in [-0.25, -0.2) is 0 Å². The fraction of sp³-hybridized carbons (Fsp3) is 1.00. The van der Waals surface area contributed by atoms with Gasteiger partial charge in [0.05, 0.1) is 6.10 Å². The zero-order valence-corrected chi connectivity index (χ0v) is 7.17. The topological polar surface area (TPSA) is 46.2 Å². The highest BCUT2D eigenvalue weighted by Gasteiger charge is 2.16. The van der Waals surface area contributed by atoms with Crippen molar-refractivity contribution in [2.75, 3.05) is 0 Å². The van der Waals surface area contributed by atoms with Crippen molar-refractivity contribution in [3.8, 4) is 0 Å². The molecule has 0 fully saturated rings. The van der Waals surface area contributed by atoms with Gasteiger partial charge in [-0.3, -0.25) is 0 Å². The second-order valence-electron chi connectivity index (χ2n) is 3.18. The molecule has 0 saturated heterocycles. The van der Waals surface area contributed by atoms with Gasteiger partial charge in [-0.05, 0) is 12.3 Å². The molecule has 0 heterocycles. The molecule has 0 unspecified atom stereocenters. The summed E-state index contributed by atoms with van der Waals surface area (Å²) in [5, 5.41) is 9.36. The van der Waals surface area contributed by atoms with Crippen molar-refractivity contribution in [1.82, 2.24) is 0 Å². The Labute approximate surface area is 63.4 Å². The summed E-state index contributed by atoms with van der Waals surface area (Å²) in [4.78, 5) is 0. The minimum atomic E-state index is -0.315. The van der Waals surface area contributed by atoms with Crippen LogP contribution in [0.15, 0.2) is 0 Å². The number of aliphatic hydroxyl groups excluding tert-OH is 1. The molecule has 2 heteroatoms. The van der Waals surface area contributed by atoms with E-state index in [-0.39, 0.29) is 12.1 Å². The van der Waals surface area contributed by atoms with Crippen molar-refractivity contribution in [1.29, 1.82) is 0 Å². The van der Waals surface area contributed by atoms with Crippen molar-refractivity contribution in [2.24, 2.45) is 11.7 Å². The summed E-state index contributed by atoms with van der Waals surface area (Å²) < 4.78 is 0. The predicted octanol–water partition coefficient (Wildman–Crippen LogP) is 1.13. The van der Waals surface area contributed by atoms with Crippen molar-refractivity contribution in [3.63, 3.8) is 0 Å². The van der Waals surface area contributed by atoms with Crippen molar-refractivity contribution >= 4 is 0 Å². The fourth-order valence-corrected chi connectivity index (χ4v) is 0.933. The van der Waals surface area contributed by atoms with E-state index in [1.54, 1.807) is 0 Å². The molecule has 3 N–H and O–H groups in total. The third kappa shape index (κ3) is 3.18. The van der Waals surface area contributed by atoms with Gasteiger partial charge in [-0.1, -0.05) is 27.2 Å². The van der Waals surface area contributed by atoms with Gasteiger partial charge >= 0.3 is 0 Å². The first-order valence-electron chi connectivity index (χ1n) is 4.03. The van der Waals surface area contributed by atoms with Crippen LogP contribution in [0, 0.1) is 5.92 Å². The van der Waals surface area contributed by atoms with Gasteiger partial charge in [0.1, 0.15) is 0 Å². The normalized spacial score (nSPS) is 17.4. The summed E-state index contributed by atoms with van der Waals surface area (Å²) >= 11 is 0. The standard InChI is InChI=1S/C8H19NO/c1-4-5-7(10)8(9)6(2)3/h6-8,10H,4-5,9H2,1-3H3/t7-,8+/m1/s1. The third-order valence-corrected chi connectivity index (χ3v) is 1.80. The van der Waals surface area contributed by atoms with Crippen LogP contribution >= 0.6 is 0 Å². The maximum absolute atomic E-state index is 9.36. The van der Waals surface area contributed by atoms with Crippen LogP contribution in [0.5, 0.6) is 0 Å². The molecular formula is C8H19NO. The first-order valence-corrected chi connectivity index (χ1v) is 4.03. The first kappa shape index (κ1) is 9.92. The van der Waals surface area contributed by atoms with Crippen molar-refractivity contribution < 1.29 is 5.11 Å². The summed E-state index contributed by atoms with van der Waals surface area (Å²) in [6.45, 7) is 6.11. The molecule has 0 amide bonds. The number of nitrogens with two attached hydrogens (primary N) is 1. The molecule has 0 saturated carbocycles. The fourth-order valence-electron chi connectivity index (χ4n) is 0.933. The number of hydrogen-bond donors (Lipinski definition) is 2. The lowest BCUT2D eigenvalue weighted by molar-refractivity contribution is 0.115. The zero-order valence-electron chi connectivity index (χ0n) is 7.17. The van der Waals surface area contributed by atoms with Crippen LogP contribution in [0.25, 0.3) is 0 Å². The summed E-state index contributed by atoms with van der Waals surface area (Å²) in [6, 6.07) is -0.0556. The molecule has 0 aromatic carbocycles. The number of hydrogen-bond acceptors (Lipinski definition) is 2. The van der Waals surface area contributed by atoms with Crippen LogP contribution in [0.3, 0.4) is 0 Å². The Balaban J connectivity index is 3.58. The molecule has 0 aromatic rings. The highest BCUT2D eigenvalue weighted by molar-refractivity contribution is 4.73. The summed E-state index contributed by atoms with van der Waals surface area (Å²) in [7, 11) is 0. The van der Waals surface area contributed by atoms with Crippen LogP contribution in [-0.4, -0.2) is 17.3 Å². The molecular weight excluding hydrogens is 126 g/mol. The smallest absolute Gasteiger partial charge is 0.0693 e. The monoisotopic (exact) mass is 145 g/mol. The second-order valence-corrected chi connectivity index (χ2v) is 3.18.